The fraction of sp³-hybridized carbons (Fsp3) is 0.160. The molecule has 0 aliphatic rings. The van der Waals surface area contributed by atoms with Gasteiger partial charge in [0.15, 0.2) is 11.5 Å². The summed E-state index contributed by atoms with van der Waals surface area (Å²) in [5.41, 5.74) is 3.06. The molecule has 0 heterocycles. The average Bonchev–Trinajstić information content (AvgIpc) is 2.78. The van der Waals surface area contributed by atoms with Crippen LogP contribution in [-0.4, -0.2) is 25.0 Å². The number of nitrogens with zero attached hydrogens (tertiary/aromatic N) is 1. The molecule has 29 heavy (non-hydrogen) atoms. The number of carbonyl (C=O) groups excluding carboxylic acids is 1. The quantitative estimate of drug-likeness (QED) is 0.514. The summed E-state index contributed by atoms with van der Waals surface area (Å²) in [6.45, 7) is 1.09. The molecule has 0 atom stereocenters. The molecule has 0 aromatic heterocycles. The standard InChI is InChI=1S/C25H25NO3/c1-28-23-15-13-20(17-24(23)29-2)14-16-25(27)26(18-21-9-5-3-6-10-21)19-22-11-7-4-8-12-22/h3-17H,18-19H2,1-2H3. The van der Waals surface area contributed by atoms with Gasteiger partial charge in [-0.1, -0.05) is 66.7 Å². The molecule has 0 bridgehead atoms. The third kappa shape index (κ3) is 5.72. The molecule has 3 aromatic carbocycles. The van der Waals surface area contributed by atoms with Crippen molar-refractivity contribution in [3.05, 3.63) is 102 Å². The zero-order chi connectivity index (χ0) is 20.5. The Hall–Kier alpha value is -3.53. The molecule has 4 heteroatoms. The van der Waals surface area contributed by atoms with Gasteiger partial charge in [-0.3, -0.25) is 4.79 Å². The minimum absolute atomic E-state index is 0.0486. The lowest BCUT2D eigenvalue weighted by atomic mass is 10.1. The van der Waals surface area contributed by atoms with E-state index in [-0.39, 0.29) is 5.91 Å². The summed E-state index contributed by atoms with van der Waals surface area (Å²) in [4.78, 5) is 14.8. The van der Waals surface area contributed by atoms with Crippen LogP contribution >= 0.6 is 0 Å². The normalized spacial score (nSPS) is 10.7. The highest BCUT2D eigenvalue weighted by molar-refractivity contribution is 5.91. The lowest BCUT2D eigenvalue weighted by Gasteiger charge is -2.21. The Kier molecular flexibility index (Phi) is 7.06. The van der Waals surface area contributed by atoms with Gasteiger partial charge in [-0.05, 0) is 34.9 Å². The van der Waals surface area contributed by atoms with Crippen LogP contribution in [0.3, 0.4) is 0 Å². The van der Waals surface area contributed by atoms with Crippen LogP contribution in [0.5, 0.6) is 11.5 Å². The van der Waals surface area contributed by atoms with Crippen molar-refractivity contribution in [1.82, 2.24) is 4.90 Å². The molecule has 0 spiro atoms. The molecule has 0 saturated carbocycles. The van der Waals surface area contributed by atoms with E-state index >= 15 is 0 Å². The molecule has 0 unspecified atom stereocenters. The van der Waals surface area contributed by atoms with Crippen molar-refractivity contribution in [1.29, 1.82) is 0 Å². The van der Waals surface area contributed by atoms with E-state index in [0.717, 1.165) is 16.7 Å². The highest BCUT2D eigenvalue weighted by Gasteiger charge is 2.12. The van der Waals surface area contributed by atoms with E-state index in [4.69, 9.17) is 9.47 Å². The monoisotopic (exact) mass is 387 g/mol. The molecule has 0 saturated heterocycles. The first-order valence-corrected chi connectivity index (χ1v) is 9.46. The first kappa shape index (κ1) is 20.2. The van der Waals surface area contributed by atoms with E-state index in [9.17, 15) is 4.79 Å². The number of rotatable bonds is 8. The second kappa shape index (κ2) is 10.1. The molecule has 0 aliphatic carbocycles. The maximum Gasteiger partial charge on any atom is 0.247 e. The van der Waals surface area contributed by atoms with Gasteiger partial charge < -0.3 is 14.4 Å². The molecule has 4 nitrogen and oxygen atoms in total. The van der Waals surface area contributed by atoms with Crippen LogP contribution in [0.1, 0.15) is 16.7 Å². The maximum atomic E-state index is 13.0. The van der Waals surface area contributed by atoms with Gasteiger partial charge in [-0.2, -0.15) is 0 Å². The van der Waals surface area contributed by atoms with Gasteiger partial charge in [0, 0.05) is 19.2 Å². The van der Waals surface area contributed by atoms with Gasteiger partial charge in [0.1, 0.15) is 0 Å². The molecule has 1 amide bonds. The molecule has 148 valence electrons. The summed E-state index contributed by atoms with van der Waals surface area (Å²) in [5.74, 6) is 1.24. The molecule has 3 aromatic rings. The van der Waals surface area contributed by atoms with Crippen LogP contribution in [0.15, 0.2) is 84.9 Å². The van der Waals surface area contributed by atoms with Gasteiger partial charge in [-0.25, -0.2) is 0 Å². The van der Waals surface area contributed by atoms with Crippen LogP contribution in [0.2, 0.25) is 0 Å². The number of hydrogen-bond acceptors (Lipinski definition) is 3. The molecular weight excluding hydrogens is 362 g/mol. The first-order chi connectivity index (χ1) is 14.2. The Labute approximate surface area is 172 Å². The van der Waals surface area contributed by atoms with E-state index in [1.807, 2.05) is 83.8 Å². The van der Waals surface area contributed by atoms with Crippen LogP contribution < -0.4 is 9.47 Å². The molecule has 0 fully saturated rings. The zero-order valence-electron chi connectivity index (χ0n) is 16.7. The Bertz CT molecular complexity index is 911. The van der Waals surface area contributed by atoms with Crippen molar-refractivity contribution in [3.63, 3.8) is 0 Å². The summed E-state index contributed by atoms with van der Waals surface area (Å²) in [7, 11) is 3.19. The van der Waals surface area contributed by atoms with Gasteiger partial charge in [0.2, 0.25) is 5.91 Å². The van der Waals surface area contributed by atoms with Crippen molar-refractivity contribution in [2.45, 2.75) is 13.1 Å². The van der Waals surface area contributed by atoms with Crippen molar-refractivity contribution < 1.29 is 14.3 Å². The van der Waals surface area contributed by atoms with E-state index in [0.29, 0.717) is 24.6 Å². The van der Waals surface area contributed by atoms with Crippen LogP contribution in [-0.2, 0) is 17.9 Å². The van der Waals surface area contributed by atoms with Gasteiger partial charge >= 0.3 is 0 Å². The van der Waals surface area contributed by atoms with E-state index < -0.39 is 0 Å². The lowest BCUT2D eigenvalue weighted by molar-refractivity contribution is -0.127. The number of methoxy groups -OCH3 is 2. The van der Waals surface area contributed by atoms with E-state index in [2.05, 4.69) is 0 Å². The predicted molar refractivity (Wildman–Crippen MR) is 116 cm³/mol. The van der Waals surface area contributed by atoms with Crippen molar-refractivity contribution >= 4 is 12.0 Å². The number of carbonyl (C=O) groups is 1. The van der Waals surface area contributed by atoms with Crippen molar-refractivity contribution in [3.8, 4) is 11.5 Å². The third-order valence-corrected chi connectivity index (χ3v) is 4.57. The second-order valence-electron chi connectivity index (χ2n) is 6.61. The van der Waals surface area contributed by atoms with Crippen molar-refractivity contribution in [2.24, 2.45) is 0 Å². The predicted octanol–water partition coefficient (Wildman–Crippen LogP) is 4.95. The largest absolute Gasteiger partial charge is 0.493 e. The third-order valence-electron chi connectivity index (χ3n) is 4.57. The number of benzene rings is 3. The highest BCUT2D eigenvalue weighted by atomic mass is 16.5. The summed E-state index contributed by atoms with van der Waals surface area (Å²) < 4.78 is 10.6. The summed E-state index contributed by atoms with van der Waals surface area (Å²) in [6, 6.07) is 25.6. The van der Waals surface area contributed by atoms with Crippen LogP contribution in [0.4, 0.5) is 0 Å². The zero-order valence-corrected chi connectivity index (χ0v) is 16.7. The van der Waals surface area contributed by atoms with Gasteiger partial charge in [-0.15, -0.1) is 0 Å². The molecule has 0 N–H and O–H groups in total. The molecule has 0 aliphatic heterocycles. The Morgan fingerprint density at radius 2 is 1.34 bits per heavy atom. The minimum Gasteiger partial charge on any atom is -0.493 e. The number of ether oxygens (including phenoxy) is 2. The average molecular weight is 387 g/mol. The first-order valence-electron chi connectivity index (χ1n) is 9.46. The van der Waals surface area contributed by atoms with E-state index in [1.54, 1.807) is 26.4 Å². The maximum absolute atomic E-state index is 13.0. The summed E-state index contributed by atoms with van der Waals surface area (Å²) >= 11 is 0. The molecule has 0 radical (unpaired) electrons. The number of hydrogen-bond donors (Lipinski definition) is 0. The summed E-state index contributed by atoms with van der Waals surface area (Å²) in [6.07, 6.45) is 3.40. The topological polar surface area (TPSA) is 38.8 Å². The lowest BCUT2D eigenvalue weighted by Crippen LogP contribution is -2.28. The van der Waals surface area contributed by atoms with E-state index in [1.165, 1.54) is 0 Å². The Morgan fingerprint density at radius 1 is 0.793 bits per heavy atom. The molecular formula is C25H25NO3. The smallest absolute Gasteiger partial charge is 0.247 e. The Balaban J connectivity index is 1.79. The number of amides is 1. The second-order valence-corrected chi connectivity index (χ2v) is 6.61. The fourth-order valence-electron chi connectivity index (χ4n) is 3.05. The van der Waals surface area contributed by atoms with Crippen molar-refractivity contribution in [2.75, 3.05) is 14.2 Å². The van der Waals surface area contributed by atoms with Gasteiger partial charge in [0.25, 0.3) is 0 Å². The fourth-order valence-corrected chi connectivity index (χ4v) is 3.05. The SMILES string of the molecule is COc1ccc(C=CC(=O)N(Cc2ccccc2)Cc2ccccc2)cc1OC. The molecule has 3 rings (SSSR count). The van der Waals surface area contributed by atoms with Crippen LogP contribution in [0, 0.1) is 0 Å². The van der Waals surface area contributed by atoms with Crippen LogP contribution in [0.25, 0.3) is 6.08 Å². The summed E-state index contributed by atoms with van der Waals surface area (Å²) in [5, 5.41) is 0. The minimum atomic E-state index is -0.0486. The Morgan fingerprint density at radius 3 is 1.86 bits per heavy atom. The van der Waals surface area contributed by atoms with Gasteiger partial charge in [0.05, 0.1) is 14.2 Å². The highest BCUT2D eigenvalue weighted by Crippen LogP contribution is 2.28.